The zero-order valence-corrected chi connectivity index (χ0v) is 25.6. The normalized spacial score (nSPS) is 16.2. The Morgan fingerprint density at radius 3 is 2.23 bits per heavy atom. The predicted molar refractivity (Wildman–Crippen MR) is 171 cm³/mol. The second kappa shape index (κ2) is 14.1. The SMILES string of the molecule is CN(c1ccc(C(=O)NC(CC(=O)NS(=O)(=O)c2ccccc2)C2CCCCC2)cc1NCCc1ccccc1)C1CC1. The van der Waals surface area contributed by atoms with E-state index >= 15 is 0 Å². The Balaban J connectivity index is 1.30. The molecule has 3 N–H and O–H groups in total. The first-order valence-electron chi connectivity index (χ1n) is 15.4. The topological polar surface area (TPSA) is 108 Å². The summed E-state index contributed by atoms with van der Waals surface area (Å²) in [6.45, 7) is 0.724. The van der Waals surface area contributed by atoms with E-state index in [0.29, 0.717) is 11.6 Å². The van der Waals surface area contributed by atoms with Crippen molar-refractivity contribution in [1.82, 2.24) is 10.0 Å². The molecule has 3 aromatic rings. The average molecular weight is 603 g/mol. The minimum atomic E-state index is -3.99. The van der Waals surface area contributed by atoms with Gasteiger partial charge in [-0.1, -0.05) is 67.8 Å². The summed E-state index contributed by atoms with van der Waals surface area (Å²) in [5.74, 6) is -0.781. The molecule has 0 radical (unpaired) electrons. The van der Waals surface area contributed by atoms with Crippen LogP contribution in [-0.2, 0) is 21.2 Å². The molecule has 43 heavy (non-hydrogen) atoms. The highest BCUT2D eigenvalue weighted by Gasteiger charge is 2.31. The Bertz CT molecular complexity index is 1490. The van der Waals surface area contributed by atoms with E-state index in [1.807, 2.05) is 36.4 Å². The van der Waals surface area contributed by atoms with Crippen LogP contribution in [0.2, 0.25) is 0 Å². The highest BCUT2D eigenvalue weighted by Crippen LogP contribution is 2.35. The molecule has 9 heteroatoms. The van der Waals surface area contributed by atoms with Crippen LogP contribution in [0.1, 0.15) is 67.3 Å². The summed E-state index contributed by atoms with van der Waals surface area (Å²) in [5, 5.41) is 6.67. The fourth-order valence-electron chi connectivity index (χ4n) is 5.94. The second-order valence-electron chi connectivity index (χ2n) is 11.8. The number of hydrogen-bond donors (Lipinski definition) is 3. The van der Waals surface area contributed by atoms with Gasteiger partial charge in [-0.3, -0.25) is 9.59 Å². The maximum absolute atomic E-state index is 13.7. The summed E-state index contributed by atoms with van der Waals surface area (Å²) in [5.41, 5.74) is 3.71. The molecule has 0 aliphatic heterocycles. The summed E-state index contributed by atoms with van der Waals surface area (Å²) in [4.78, 5) is 29.0. The number of nitrogens with zero attached hydrogens (tertiary/aromatic N) is 1. The van der Waals surface area contributed by atoms with Crippen LogP contribution in [0.5, 0.6) is 0 Å². The minimum absolute atomic E-state index is 0.0325. The van der Waals surface area contributed by atoms with Crippen LogP contribution >= 0.6 is 0 Å². The molecule has 0 saturated heterocycles. The second-order valence-corrected chi connectivity index (χ2v) is 13.4. The van der Waals surface area contributed by atoms with Crippen LogP contribution in [0, 0.1) is 5.92 Å². The first-order chi connectivity index (χ1) is 20.8. The lowest BCUT2D eigenvalue weighted by molar-refractivity contribution is -0.120. The molecule has 2 fully saturated rings. The number of nitrogens with one attached hydrogen (secondary N) is 3. The molecule has 0 heterocycles. The number of benzene rings is 3. The lowest BCUT2D eigenvalue weighted by atomic mass is 9.82. The Morgan fingerprint density at radius 2 is 1.56 bits per heavy atom. The van der Waals surface area contributed by atoms with Gasteiger partial charge in [-0.25, -0.2) is 13.1 Å². The van der Waals surface area contributed by atoms with Crippen molar-refractivity contribution in [2.75, 3.05) is 23.8 Å². The largest absolute Gasteiger partial charge is 0.383 e. The van der Waals surface area contributed by atoms with Crippen LogP contribution in [0.3, 0.4) is 0 Å². The van der Waals surface area contributed by atoms with Gasteiger partial charge in [0.2, 0.25) is 5.91 Å². The number of rotatable bonds is 13. The molecule has 3 aromatic carbocycles. The molecule has 0 aromatic heterocycles. The van der Waals surface area contributed by atoms with Gasteiger partial charge in [-0.05, 0) is 73.9 Å². The smallest absolute Gasteiger partial charge is 0.264 e. The lowest BCUT2D eigenvalue weighted by Crippen LogP contribution is -2.45. The number of amides is 2. The van der Waals surface area contributed by atoms with E-state index in [1.165, 1.54) is 17.7 Å². The van der Waals surface area contributed by atoms with Gasteiger partial charge in [-0.2, -0.15) is 0 Å². The van der Waals surface area contributed by atoms with Crippen molar-refractivity contribution in [3.63, 3.8) is 0 Å². The van der Waals surface area contributed by atoms with Gasteiger partial charge >= 0.3 is 0 Å². The molecule has 2 aliphatic rings. The molecule has 1 atom stereocenters. The third-order valence-electron chi connectivity index (χ3n) is 8.55. The number of hydrogen-bond acceptors (Lipinski definition) is 6. The summed E-state index contributed by atoms with van der Waals surface area (Å²) in [6, 6.07) is 23.9. The lowest BCUT2D eigenvalue weighted by Gasteiger charge is -2.31. The van der Waals surface area contributed by atoms with Crippen LogP contribution in [0.25, 0.3) is 0 Å². The standard InChI is InChI=1S/C34H42N4O4S/c1-38(28-18-19-28)32-20-17-27(23-31(32)35-22-21-25-11-5-2-6-12-25)34(40)36-30(26-13-7-3-8-14-26)24-33(39)37-43(41,42)29-15-9-4-10-16-29/h2,4-6,9-12,15-17,20,23,26,28,30,35H,3,7-8,13-14,18-19,21-22,24H2,1H3,(H,36,40)(H,37,39). The van der Waals surface area contributed by atoms with Gasteiger partial charge in [0.1, 0.15) is 0 Å². The van der Waals surface area contributed by atoms with E-state index in [1.54, 1.807) is 18.2 Å². The highest BCUT2D eigenvalue weighted by atomic mass is 32.2. The fourth-order valence-corrected chi connectivity index (χ4v) is 6.96. The summed E-state index contributed by atoms with van der Waals surface area (Å²) in [7, 11) is -1.90. The third kappa shape index (κ3) is 8.38. The number of carbonyl (C=O) groups excluding carboxylic acids is 2. The Hall–Kier alpha value is -3.85. The van der Waals surface area contributed by atoms with E-state index in [2.05, 4.69) is 39.4 Å². The monoisotopic (exact) mass is 602 g/mol. The zero-order valence-electron chi connectivity index (χ0n) is 24.8. The van der Waals surface area contributed by atoms with Crippen molar-refractivity contribution >= 4 is 33.2 Å². The van der Waals surface area contributed by atoms with E-state index in [-0.39, 0.29) is 23.1 Å². The molecular formula is C34H42N4O4S. The summed E-state index contributed by atoms with van der Waals surface area (Å²) >= 11 is 0. The number of anilines is 2. The van der Waals surface area contributed by atoms with Crippen LogP contribution < -0.4 is 20.3 Å². The average Bonchev–Trinajstić information content (AvgIpc) is 3.87. The van der Waals surface area contributed by atoms with E-state index in [4.69, 9.17) is 0 Å². The Morgan fingerprint density at radius 1 is 0.884 bits per heavy atom. The molecule has 8 nitrogen and oxygen atoms in total. The quantitative estimate of drug-likeness (QED) is 0.238. The maximum atomic E-state index is 13.7. The Labute approximate surface area is 255 Å². The van der Waals surface area contributed by atoms with Crippen molar-refractivity contribution < 1.29 is 18.0 Å². The van der Waals surface area contributed by atoms with Crippen LogP contribution in [-0.4, -0.2) is 45.9 Å². The fraction of sp³-hybridized carbons (Fsp3) is 0.412. The third-order valence-corrected chi connectivity index (χ3v) is 9.94. The number of sulfonamides is 1. The summed E-state index contributed by atoms with van der Waals surface area (Å²) in [6.07, 6.45) is 8.03. The molecule has 2 amide bonds. The Kier molecular flexibility index (Phi) is 10.0. The van der Waals surface area contributed by atoms with Crippen LogP contribution in [0.4, 0.5) is 11.4 Å². The molecule has 5 rings (SSSR count). The van der Waals surface area contributed by atoms with Crippen molar-refractivity contribution in [3.05, 3.63) is 90.0 Å². The molecular weight excluding hydrogens is 560 g/mol. The molecule has 2 aliphatic carbocycles. The highest BCUT2D eigenvalue weighted by molar-refractivity contribution is 7.90. The van der Waals surface area contributed by atoms with Crippen molar-refractivity contribution in [2.45, 2.75) is 74.8 Å². The van der Waals surface area contributed by atoms with E-state index in [0.717, 1.165) is 69.3 Å². The molecule has 228 valence electrons. The first-order valence-corrected chi connectivity index (χ1v) is 16.8. The number of carbonyl (C=O) groups is 2. The van der Waals surface area contributed by atoms with Crippen molar-refractivity contribution in [2.24, 2.45) is 5.92 Å². The van der Waals surface area contributed by atoms with Crippen molar-refractivity contribution in [1.29, 1.82) is 0 Å². The van der Waals surface area contributed by atoms with Gasteiger partial charge in [0.05, 0.1) is 16.3 Å². The molecule has 1 unspecified atom stereocenters. The molecule has 0 spiro atoms. The van der Waals surface area contributed by atoms with E-state index in [9.17, 15) is 18.0 Å². The van der Waals surface area contributed by atoms with Gasteiger partial charge < -0.3 is 15.5 Å². The summed E-state index contributed by atoms with van der Waals surface area (Å²) < 4.78 is 27.7. The van der Waals surface area contributed by atoms with Crippen molar-refractivity contribution in [3.8, 4) is 0 Å². The minimum Gasteiger partial charge on any atom is -0.383 e. The zero-order chi connectivity index (χ0) is 30.2. The van der Waals surface area contributed by atoms with Crippen LogP contribution in [0.15, 0.2) is 83.8 Å². The van der Waals surface area contributed by atoms with Gasteiger partial charge in [-0.15, -0.1) is 0 Å². The first kappa shape index (κ1) is 30.6. The van der Waals surface area contributed by atoms with Gasteiger partial charge in [0.25, 0.3) is 15.9 Å². The van der Waals surface area contributed by atoms with Gasteiger partial charge in [0.15, 0.2) is 0 Å². The van der Waals surface area contributed by atoms with Gasteiger partial charge in [0, 0.05) is 37.7 Å². The van der Waals surface area contributed by atoms with E-state index < -0.39 is 22.0 Å². The molecule has 0 bridgehead atoms. The maximum Gasteiger partial charge on any atom is 0.264 e. The predicted octanol–water partition coefficient (Wildman–Crippen LogP) is 5.51. The molecule has 2 saturated carbocycles.